The van der Waals surface area contributed by atoms with E-state index in [4.69, 9.17) is 18.7 Å². The molecule has 3 aromatic rings. The minimum Gasteiger partial charge on any atom is -0.493 e. The van der Waals surface area contributed by atoms with Gasteiger partial charge in [0.05, 0.1) is 14.2 Å². The lowest BCUT2D eigenvalue weighted by atomic mass is 10.1. The number of ether oxygens (including phenoxy) is 3. The minimum atomic E-state index is -0.621. The highest BCUT2D eigenvalue weighted by molar-refractivity contribution is 6.00. The molecular formula is C23H24N2O6. The third-order valence-corrected chi connectivity index (χ3v) is 4.74. The Bertz CT molecular complexity index is 1140. The fourth-order valence-corrected chi connectivity index (χ4v) is 3.24. The van der Waals surface area contributed by atoms with Crippen molar-refractivity contribution < 1.29 is 28.3 Å². The number of carbonyl (C=O) groups is 2. The first kappa shape index (κ1) is 21.9. The van der Waals surface area contributed by atoms with E-state index in [9.17, 15) is 9.59 Å². The Balaban J connectivity index is 1.65. The van der Waals surface area contributed by atoms with Crippen molar-refractivity contribution in [3.8, 4) is 17.3 Å². The first-order chi connectivity index (χ1) is 14.8. The maximum atomic E-state index is 12.6. The van der Waals surface area contributed by atoms with Gasteiger partial charge < -0.3 is 18.7 Å². The summed E-state index contributed by atoms with van der Waals surface area (Å²) in [5, 5.41) is 4.00. The molecule has 0 atom stereocenters. The molecule has 2 heterocycles. The van der Waals surface area contributed by atoms with Crippen LogP contribution in [0, 0.1) is 20.8 Å². The number of carbonyl (C=O) groups excluding carboxylic acids is 2. The maximum absolute atomic E-state index is 12.6. The van der Waals surface area contributed by atoms with Gasteiger partial charge in [0, 0.05) is 29.1 Å². The van der Waals surface area contributed by atoms with Gasteiger partial charge in [0.2, 0.25) is 5.78 Å². The third-order valence-electron chi connectivity index (χ3n) is 4.74. The van der Waals surface area contributed by atoms with Crippen molar-refractivity contribution in [1.29, 1.82) is 0 Å². The summed E-state index contributed by atoms with van der Waals surface area (Å²) in [6.07, 6.45) is 2.84. The average Bonchev–Trinajstić information content (AvgIpc) is 3.31. The SMILES string of the molecule is COc1ccc(/C=C/C(=O)OCC(=O)c2cc(C)n(-c3cc(C)on3)c2C)cc1OC. The maximum Gasteiger partial charge on any atom is 0.331 e. The standard InChI is InChI=1S/C23H24N2O6/c1-14-10-18(16(3)25(14)22-11-15(2)31-24-22)19(26)13-30-23(27)9-7-17-6-8-20(28-4)21(12-17)29-5/h6-12H,13H2,1-5H3/b9-7+. The highest BCUT2D eigenvalue weighted by atomic mass is 16.5. The van der Waals surface area contributed by atoms with Crippen LogP contribution in [0.15, 0.2) is 40.9 Å². The molecule has 0 aliphatic heterocycles. The molecule has 0 saturated carbocycles. The molecule has 2 aromatic heterocycles. The number of nitrogens with zero attached hydrogens (tertiary/aromatic N) is 2. The lowest BCUT2D eigenvalue weighted by Gasteiger charge is -2.07. The van der Waals surface area contributed by atoms with Crippen LogP contribution in [0.3, 0.4) is 0 Å². The van der Waals surface area contributed by atoms with E-state index in [0.29, 0.717) is 34.3 Å². The molecule has 0 aliphatic rings. The van der Waals surface area contributed by atoms with Crippen LogP contribution < -0.4 is 9.47 Å². The van der Waals surface area contributed by atoms with E-state index in [2.05, 4.69) is 5.16 Å². The van der Waals surface area contributed by atoms with Crippen LogP contribution in [0.25, 0.3) is 11.9 Å². The van der Waals surface area contributed by atoms with Gasteiger partial charge in [-0.1, -0.05) is 11.2 Å². The number of aromatic nitrogens is 2. The van der Waals surface area contributed by atoms with E-state index < -0.39 is 5.97 Å². The Hall–Kier alpha value is -3.81. The van der Waals surface area contributed by atoms with Gasteiger partial charge >= 0.3 is 5.97 Å². The van der Waals surface area contributed by atoms with Crippen LogP contribution >= 0.6 is 0 Å². The van der Waals surface area contributed by atoms with Crippen molar-refractivity contribution in [1.82, 2.24) is 9.72 Å². The van der Waals surface area contributed by atoms with Gasteiger partial charge in [-0.25, -0.2) is 4.79 Å². The molecule has 8 nitrogen and oxygen atoms in total. The Morgan fingerprint density at radius 3 is 2.45 bits per heavy atom. The molecule has 1 aromatic carbocycles. The number of methoxy groups -OCH3 is 2. The summed E-state index contributed by atoms with van der Waals surface area (Å²) in [4.78, 5) is 24.7. The lowest BCUT2D eigenvalue weighted by molar-refractivity contribution is -0.136. The summed E-state index contributed by atoms with van der Waals surface area (Å²) in [5.41, 5.74) is 2.73. The third kappa shape index (κ3) is 4.85. The van der Waals surface area contributed by atoms with Gasteiger partial charge in [-0.05, 0) is 50.6 Å². The zero-order valence-electron chi connectivity index (χ0n) is 18.1. The molecule has 0 saturated heterocycles. The molecule has 8 heteroatoms. The number of ketones is 1. The number of benzene rings is 1. The van der Waals surface area contributed by atoms with Crippen molar-refractivity contribution in [2.24, 2.45) is 0 Å². The van der Waals surface area contributed by atoms with Crippen molar-refractivity contribution in [2.45, 2.75) is 20.8 Å². The van der Waals surface area contributed by atoms with Gasteiger partial charge in [0.15, 0.2) is 23.9 Å². The van der Waals surface area contributed by atoms with E-state index in [-0.39, 0.29) is 12.4 Å². The summed E-state index contributed by atoms with van der Waals surface area (Å²) in [5.74, 6) is 1.49. The number of Topliss-reactive ketones (excluding diaryl/α,β-unsaturated/α-hetero) is 1. The quantitative estimate of drug-likeness (QED) is 0.308. The summed E-state index contributed by atoms with van der Waals surface area (Å²) in [7, 11) is 3.08. The number of esters is 1. The van der Waals surface area contributed by atoms with Gasteiger partial charge in [0.25, 0.3) is 0 Å². The molecular weight excluding hydrogens is 400 g/mol. The van der Waals surface area contributed by atoms with Crippen LogP contribution in [0.5, 0.6) is 11.5 Å². The molecule has 0 unspecified atom stereocenters. The monoisotopic (exact) mass is 424 g/mol. The smallest absolute Gasteiger partial charge is 0.331 e. The summed E-state index contributed by atoms with van der Waals surface area (Å²) < 4.78 is 22.5. The number of rotatable bonds is 8. The molecule has 3 rings (SSSR count). The highest BCUT2D eigenvalue weighted by Crippen LogP contribution is 2.28. The number of hydrogen-bond donors (Lipinski definition) is 0. The van der Waals surface area contributed by atoms with E-state index in [1.54, 1.807) is 50.4 Å². The highest BCUT2D eigenvalue weighted by Gasteiger charge is 2.19. The zero-order valence-corrected chi connectivity index (χ0v) is 18.1. The van der Waals surface area contributed by atoms with Crippen molar-refractivity contribution in [2.75, 3.05) is 20.8 Å². The predicted octanol–water partition coefficient (Wildman–Crippen LogP) is 3.85. The van der Waals surface area contributed by atoms with Crippen LogP contribution in [0.2, 0.25) is 0 Å². The second-order valence-corrected chi connectivity index (χ2v) is 6.89. The van der Waals surface area contributed by atoms with Crippen LogP contribution in [-0.4, -0.2) is 42.3 Å². The van der Waals surface area contributed by atoms with Gasteiger partial charge in [-0.15, -0.1) is 0 Å². The van der Waals surface area contributed by atoms with Crippen molar-refractivity contribution >= 4 is 17.8 Å². The van der Waals surface area contributed by atoms with Crippen molar-refractivity contribution in [3.05, 3.63) is 64.7 Å². The second kappa shape index (κ2) is 9.34. The van der Waals surface area contributed by atoms with Gasteiger partial charge in [-0.3, -0.25) is 9.36 Å². The molecule has 0 fully saturated rings. The largest absolute Gasteiger partial charge is 0.493 e. The number of aryl methyl sites for hydroxylation is 2. The summed E-state index contributed by atoms with van der Waals surface area (Å²) >= 11 is 0. The van der Waals surface area contributed by atoms with Crippen LogP contribution in [0.1, 0.15) is 33.1 Å². The first-order valence-corrected chi connectivity index (χ1v) is 9.56. The van der Waals surface area contributed by atoms with Gasteiger partial charge in [-0.2, -0.15) is 0 Å². The molecule has 0 bridgehead atoms. The van der Waals surface area contributed by atoms with E-state index >= 15 is 0 Å². The normalized spacial score (nSPS) is 11.0. The Kier molecular flexibility index (Phi) is 6.59. The van der Waals surface area contributed by atoms with Gasteiger partial charge in [0.1, 0.15) is 5.76 Å². The summed E-state index contributed by atoms with van der Waals surface area (Å²) in [6.45, 7) is 5.11. The van der Waals surface area contributed by atoms with E-state index in [0.717, 1.165) is 11.3 Å². The van der Waals surface area contributed by atoms with Crippen LogP contribution in [0.4, 0.5) is 0 Å². The molecule has 31 heavy (non-hydrogen) atoms. The van der Waals surface area contributed by atoms with Crippen molar-refractivity contribution in [3.63, 3.8) is 0 Å². The Morgan fingerprint density at radius 1 is 1.06 bits per heavy atom. The average molecular weight is 424 g/mol. The zero-order chi connectivity index (χ0) is 22.5. The fraction of sp³-hybridized carbons (Fsp3) is 0.261. The first-order valence-electron chi connectivity index (χ1n) is 9.56. The topological polar surface area (TPSA) is 92.8 Å². The second-order valence-electron chi connectivity index (χ2n) is 6.89. The Morgan fingerprint density at radius 2 is 1.81 bits per heavy atom. The minimum absolute atomic E-state index is 0.299. The predicted molar refractivity (Wildman–Crippen MR) is 114 cm³/mol. The molecule has 0 aliphatic carbocycles. The Labute approximate surface area is 180 Å². The van der Waals surface area contributed by atoms with E-state index in [1.165, 1.54) is 13.2 Å². The molecule has 0 radical (unpaired) electrons. The van der Waals surface area contributed by atoms with Crippen LogP contribution in [-0.2, 0) is 9.53 Å². The summed E-state index contributed by atoms with van der Waals surface area (Å²) in [6, 6.07) is 8.77. The fourth-order valence-electron chi connectivity index (χ4n) is 3.24. The molecule has 162 valence electrons. The molecule has 0 N–H and O–H groups in total. The molecule has 0 amide bonds. The number of hydrogen-bond acceptors (Lipinski definition) is 7. The molecule has 0 spiro atoms. The van der Waals surface area contributed by atoms with E-state index in [1.807, 2.05) is 18.4 Å². The lowest BCUT2D eigenvalue weighted by Crippen LogP contribution is -2.13.